The maximum Gasteiger partial charge on any atom is 0.0546 e. The maximum absolute atomic E-state index is 2.50. The second-order valence-corrected chi connectivity index (χ2v) is 22.1. The molecular formula is C74H60N2. The van der Waals surface area contributed by atoms with Crippen molar-refractivity contribution < 1.29 is 0 Å². The van der Waals surface area contributed by atoms with E-state index >= 15 is 0 Å². The van der Waals surface area contributed by atoms with E-state index in [4.69, 9.17) is 0 Å². The van der Waals surface area contributed by atoms with Gasteiger partial charge in [0.15, 0.2) is 0 Å². The van der Waals surface area contributed by atoms with Gasteiger partial charge in [-0.3, -0.25) is 0 Å². The van der Waals surface area contributed by atoms with Gasteiger partial charge >= 0.3 is 0 Å². The number of para-hydroxylation sites is 1. The lowest BCUT2D eigenvalue weighted by Gasteiger charge is -2.30. The summed E-state index contributed by atoms with van der Waals surface area (Å²) in [7, 11) is 0. The van der Waals surface area contributed by atoms with Crippen molar-refractivity contribution in [2.75, 3.05) is 9.80 Å². The topological polar surface area (TPSA) is 6.48 Å². The van der Waals surface area contributed by atoms with Crippen LogP contribution >= 0.6 is 0 Å². The Balaban J connectivity index is 1.15. The summed E-state index contributed by atoms with van der Waals surface area (Å²) >= 11 is 0. The highest BCUT2D eigenvalue weighted by molar-refractivity contribution is 6.24. The molecule has 0 aromatic heterocycles. The van der Waals surface area contributed by atoms with Crippen molar-refractivity contribution in [2.24, 2.45) is 0 Å². The molecule has 2 heteroatoms. The summed E-state index contributed by atoms with van der Waals surface area (Å²) in [5.74, 6) is 0. The van der Waals surface area contributed by atoms with Gasteiger partial charge in [-0.15, -0.1) is 0 Å². The SMILES string of the molecule is Cc1cc(C)cc(-c2c3ccc(N(c4ccc(C(C)(C)C)cc4)c4cc5ccccc5c5ccccc45)cc3c(-c3cc(C)cc(C)c3)c3ccc(N(c4ccccc4)c4cc5ccccc5c5ccccc45)cc23)c1. The monoisotopic (exact) mass is 976 g/mol. The van der Waals surface area contributed by atoms with Crippen molar-refractivity contribution in [2.45, 2.75) is 53.9 Å². The first-order valence-electron chi connectivity index (χ1n) is 26.7. The number of nitrogens with zero attached hydrogens (tertiary/aromatic N) is 2. The summed E-state index contributed by atoms with van der Waals surface area (Å²) in [4.78, 5) is 4.97. The molecule has 0 saturated carbocycles. The Bertz CT molecular complexity index is 4380. The van der Waals surface area contributed by atoms with Crippen molar-refractivity contribution in [1.82, 2.24) is 0 Å². The van der Waals surface area contributed by atoms with Crippen molar-refractivity contribution >= 4 is 98.8 Å². The van der Waals surface area contributed by atoms with E-state index in [9.17, 15) is 0 Å². The van der Waals surface area contributed by atoms with E-state index in [0.29, 0.717) is 0 Å². The molecule has 13 aromatic rings. The lowest BCUT2D eigenvalue weighted by molar-refractivity contribution is 0.590. The fourth-order valence-electron chi connectivity index (χ4n) is 12.3. The van der Waals surface area contributed by atoms with Crippen molar-refractivity contribution in [1.29, 1.82) is 0 Å². The lowest BCUT2D eigenvalue weighted by atomic mass is 9.84. The predicted molar refractivity (Wildman–Crippen MR) is 329 cm³/mol. The van der Waals surface area contributed by atoms with Crippen LogP contribution in [0.5, 0.6) is 0 Å². The number of anilines is 6. The van der Waals surface area contributed by atoms with Crippen LogP contribution in [0.15, 0.2) is 237 Å². The normalized spacial score (nSPS) is 11.9. The highest BCUT2D eigenvalue weighted by atomic mass is 15.1. The average Bonchev–Trinajstić information content (AvgIpc) is 3.59. The van der Waals surface area contributed by atoms with E-state index in [1.54, 1.807) is 0 Å². The Morgan fingerprint density at radius 1 is 0.263 bits per heavy atom. The predicted octanol–water partition coefficient (Wildman–Crippen LogP) is 21.4. The summed E-state index contributed by atoms with van der Waals surface area (Å²) < 4.78 is 0. The highest BCUT2D eigenvalue weighted by Crippen LogP contribution is 2.51. The molecule has 0 aliphatic rings. The molecule has 13 aromatic carbocycles. The molecule has 0 amide bonds. The molecule has 0 fully saturated rings. The van der Waals surface area contributed by atoms with Crippen LogP contribution < -0.4 is 9.80 Å². The molecule has 2 nitrogen and oxygen atoms in total. The molecule has 0 aliphatic carbocycles. The van der Waals surface area contributed by atoms with Gasteiger partial charge in [0.25, 0.3) is 0 Å². The fourth-order valence-corrected chi connectivity index (χ4v) is 12.3. The third-order valence-electron chi connectivity index (χ3n) is 15.6. The number of fused-ring (bicyclic) bond motifs is 8. The summed E-state index contributed by atoms with van der Waals surface area (Å²) in [6, 6.07) is 89.0. The molecule has 0 N–H and O–H groups in total. The second kappa shape index (κ2) is 18.4. The summed E-state index contributed by atoms with van der Waals surface area (Å²) in [6.45, 7) is 15.8. The summed E-state index contributed by atoms with van der Waals surface area (Å²) in [6.07, 6.45) is 0. The van der Waals surface area contributed by atoms with Gasteiger partial charge in [-0.1, -0.05) is 219 Å². The zero-order chi connectivity index (χ0) is 51.8. The van der Waals surface area contributed by atoms with Gasteiger partial charge in [-0.05, 0) is 175 Å². The smallest absolute Gasteiger partial charge is 0.0546 e. The van der Waals surface area contributed by atoms with Gasteiger partial charge in [0.05, 0.1) is 11.4 Å². The van der Waals surface area contributed by atoms with Gasteiger partial charge < -0.3 is 9.80 Å². The quantitative estimate of drug-likeness (QED) is 0.111. The molecule has 0 atom stereocenters. The van der Waals surface area contributed by atoms with Gasteiger partial charge in [-0.25, -0.2) is 0 Å². The lowest BCUT2D eigenvalue weighted by Crippen LogP contribution is -2.13. The van der Waals surface area contributed by atoms with Crippen LogP contribution in [0.1, 0.15) is 48.6 Å². The third-order valence-corrected chi connectivity index (χ3v) is 15.6. The first-order chi connectivity index (χ1) is 36.9. The first-order valence-corrected chi connectivity index (χ1v) is 26.7. The Morgan fingerprint density at radius 2 is 0.618 bits per heavy atom. The highest BCUT2D eigenvalue weighted by Gasteiger charge is 2.25. The number of aryl methyl sites for hydroxylation is 4. The van der Waals surface area contributed by atoms with E-state index in [-0.39, 0.29) is 5.41 Å². The number of benzene rings is 13. The maximum atomic E-state index is 2.50. The summed E-state index contributed by atoms with van der Waals surface area (Å²) in [5.41, 5.74) is 17.9. The van der Waals surface area contributed by atoms with Crippen LogP contribution in [0.4, 0.5) is 34.1 Å². The van der Waals surface area contributed by atoms with Gasteiger partial charge in [0.2, 0.25) is 0 Å². The average molecular weight is 977 g/mol. The molecule has 0 aliphatic heterocycles. The van der Waals surface area contributed by atoms with E-state index in [0.717, 1.165) is 34.1 Å². The molecule has 0 spiro atoms. The van der Waals surface area contributed by atoms with Crippen LogP contribution in [-0.2, 0) is 5.41 Å². The Hall–Kier alpha value is -8.98. The molecule has 366 valence electrons. The Labute approximate surface area is 446 Å². The third kappa shape index (κ3) is 8.13. The zero-order valence-corrected chi connectivity index (χ0v) is 44.4. The minimum Gasteiger partial charge on any atom is -0.310 e. The van der Waals surface area contributed by atoms with E-state index in [1.807, 2.05) is 0 Å². The standard InChI is InChI=1S/C74H60N2/c1-47-37-48(2)40-53(39-47)72-67-36-34-59(76(57-31-29-55(30-32-57)74(5,6)7)71-44-52-20-12-14-24-61(52)63-26-16-18-28-65(63)71)46-69(67)73(54-41-49(3)38-50(4)42-54)66-35-33-58(45-68(66)72)75(56-21-9-8-10-22-56)70-43-51-19-11-13-23-60(51)62-25-15-17-27-64(62)70/h8-46H,1-7H3. The second-order valence-electron chi connectivity index (χ2n) is 22.1. The molecule has 0 heterocycles. The Morgan fingerprint density at radius 3 is 1.04 bits per heavy atom. The molecule has 13 rings (SSSR count). The Kier molecular flexibility index (Phi) is 11.4. The van der Waals surface area contributed by atoms with E-state index < -0.39 is 0 Å². The number of hydrogen-bond acceptors (Lipinski definition) is 2. The summed E-state index contributed by atoms with van der Waals surface area (Å²) in [5, 5.41) is 14.7. The van der Waals surface area contributed by atoms with Crippen molar-refractivity contribution in [3.05, 3.63) is 264 Å². The van der Waals surface area contributed by atoms with E-state index in [1.165, 1.54) is 115 Å². The first kappa shape index (κ1) is 46.8. The zero-order valence-electron chi connectivity index (χ0n) is 44.4. The molecule has 0 radical (unpaired) electrons. The molecule has 0 bridgehead atoms. The van der Waals surface area contributed by atoms with Crippen LogP contribution in [0.25, 0.3) is 86.9 Å². The molecule has 0 saturated heterocycles. The van der Waals surface area contributed by atoms with Gasteiger partial charge in [-0.2, -0.15) is 0 Å². The minimum atomic E-state index is 0.00958. The van der Waals surface area contributed by atoms with Gasteiger partial charge in [0, 0.05) is 33.5 Å². The number of rotatable bonds is 8. The molecular weight excluding hydrogens is 917 g/mol. The number of hydrogen-bond donors (Lipinski definition) is 0. The van der Waals surface area contributed by atoms with E-state index in [2.05, 4.69) is 295 Å². The van der Waals surface area contributed by atoms with Crippen LogP contribution in [-0.4, -0.2) is 0 Å². The van der Waals surface area contributed by atoms with Gasteiger partial charge in [0.1, 0.15) is 0 Å². The van der Waals surface area contributed by atoms with Crippen LogP contribution in [0.2, 0.25) is 0 Å². The van der Waals surface area contributed by atoms with Crippen LogP contribution in [0, 0.1) is 27.7 Å². The molecule has 76 heavy (non-hydrogen) atoms. The minimum absolute atomic E-state index is 0.00958. The van der Waals surface area contributed by atoms with Crippen LogP contribution in [0.3, 0.4) is 0 Å². The van der Waals surface area contributed by atoms with Crippen molar-refractivity contribution in [3.63, 3.8) is 0 Å². The van der Waals surface area contributed by atoms with Crippen molar-refractivity contribution in [3.8, 4) is 22.3 Å². The fraction of sp³-hybridized carbons (Fsp3) is 0.108. The molecule has 0 unspecified atom stereocenters. The largest absolute Gasteiger partial charge is 0.310 e.